The third-order valence-corrected chi connectivity index (χ3v) is 8.58. The number of carbonyl (C=O) groups excluding carboxylic acids is 1. The summed E-state index contributed by atoms with van der Waals surface area (Å²) in [5, 5.41) is 34.2. The minimum Gasteiger partial charge on any atom is -0.550 e. The van der Waals surface area contributed by atoms with Crippen molar-refractivity contribution in [2.75, 3.05) is 0 Å². The quantitative estimate of drug-likeness (QED) is 0.715. The van der Waals surface area contributed by atoms with Crippen LogP contribution in [0.2, 0.25) is 0 Å². The van der Waals surface area contributed by atoms with E-state index in [1.807, 2.05) is 0 Å². The van der Waals surface area contributed by atoms with Gasteiger partial charge in [-0.3, -0.25) is 0 Å². The summed E-state index contributed by atoms with van der Waals surface area (Å²) in [6.07, 6.45) is 4.20. The lowest BCUT2D eigenvalue weighted by Crippen LogP contribution is -2.69. The van der Waals surface area contributed by atoms with Gasteiger partial charge in [-0.1, -0.05) is 32.4 Å². The number of carboxylic acid groups (broad SMARTS) is 1. The van der Waals surface area contributed by atoms with E-state index in [9.17, 15) is 20.1 Å². The highest BCUT2D eigenvalue weighted by atomic mass is 16.4. The zero-order valence-electron chi connectivity index (χ0n) is 14.8. The Hall–Kier alpha value is -0.870. The van der Waals surface area contributed by atoms with Crippen LogP contribution in [-0.2, 0) is 4.79 Å². The molecule has 0 aromatic carbocycles. The maximum atomic E-state index is 12.0. The molecule has 2 bridgehead atoms. The van der Waals surface area contributed by atoms with Crippen molar-refractivity contribution in [1.82, 2.24) is 0 Å². The summed E-state index contributed by atoms with van der Waals surface area (Å²) in [5.41, 5.74) is -0.429. The van der Waals surface area contributed by atoms with Crippen molar-refractivity contribution >= 4 is 5.97 Å². The molecule has 2 N–H and O–H groups in total. The van der Waals surface area contributed by atoms with Crippen LogP contribution in [0.4, 0.5) is 0 Å². The summed E-state index contributed by atoms with van der Waals surface area (Å²) in [7, 11) is 0. The van der Waals surface area contributed by atoms with E-state index < -0.39 is 29.5 Å². The van der Waals surface area contributed by atoms with E-state index in [1.54, 1.807) is 6.92 Å². The lowest BCUT2D eigenvalue weighted by Gasteiger charge is -2.67. The lowest BCUT2D eigenvalue weighted by atomic mass is 9.39. The van der Waals surface area contributed by atoms with E-state index in [4.69, 9.17) is 0 Å². The summed E-state index contributed by atoms with van der Waals surface area (Å²) in [4.78, 5) is 12.0. The van der Waals surface area contributed by atoms with Gasteiger partial charge in [0.2, 0.25) is 0 Å². The van der Waals surface area contributed by atoms with Gasteiger partial charge in [0, 0.05) is 22.7 Å². The first-order valence-electron chi connectivity index (χ1n) is 9.42. The molecule has 0 radical (unpaired) electrons. The summed E-state index contributed by atoms with van der Waals surface area (Å²) in [6.45, 7) is 8.12. The number of carbonyl (C=O) groups is 1. The number of aliphatic carboxylic acids is 1. The summed E-state index contributed by atoms with van der Waals surface area (Å²) in [6, 6.07) is 0. The molecule has 0 saturated heterocycles. The van der Waals surface area contributed by atoms with Crippen LogP contribution >= 0.6 is 0 Å². The Bertz CT molecular complexity index is 600. The number of aliphatic hydroxyl groups is 2. The van der Waals surface area contributed by atoms with E-state index in [1.165, 1.54) is 5.57 Å². The number of hydrogen-bond acceptors (Lipinski definition) is 4. The van der Waals surface area contributed by atoms with Gasteiger partial charge >= 0.3 is 0 Å². The van der Waals surface area contributed by atoms with Crippen LogP contribution in [0.3, 0.4) is 0 Å². The van der Waals surface area contributed by atoms with Gasteiger partial charge in [-0.2, -0.15) is 0 Å². The van der Waals surface area contributed by atoms with Gasteiger partial charge in [0.15, 0.2) is 0 Å². The second-order valence-electron chi connectivity index (χ2n) is 9.58. The molecule has 4 fully saturated rings. The number of fused-ring (bicyclic) bond motifs is 3. The molecule has 0 amide bonds. The largest absolute Gasteiger partial charge is 0.550 e. The van der Waals surface area contributed by atoms with Gasteiger partial charge in [0.05, 0.1) is 12.2 Å². The first-order valence-corrected chi connectivity index (χ1v) is 9.42. The smallest absolute Gasteiger partial charge is 0.0864 e. The summed E-state index contributed by atoms with van der Waals surface area (Å²) >= 11 is 0. The minimum absolute atomic E-state index is 0.253. The number of carboxylic acids is 1. The van der Waals surface area contributed by atoms with Crippen LogP contribution in [0.5, 0.6) is 0 Å². The van der Waals surface area contributed by atoms with Crippen molar-refractivity contribution < 1.29 is 20.1 Å². The van der Waals surface area contributed by atoms with E-state index in [0.29, 0.717) is 12.3 Å². The molecule has 24 heavy (non-hydrogen) atoms. The molecule has 1 spiro atoms. The molecule has 4 rings (SSSR count). The second kappa shape index (κ2) is 4.85. The molecule has 4 saturated carbocycles. The van der Waals surface area contributed by atoms with Crippen LogP contribution in [0.25, 0.3) is 0 Å². The topological polar surface area (TPSA) is 80.6 Å². The van der Waals surface area contributed by atoms with Crippen LogP contribution in [0.15, 0.2) is 12.2 Å². The molecule has 8 atom stereocenters. The Labute approximate surface area is 144 Å². The van der Waals surface area contributed by atoms with Gasteiger partial charge in [-0.15, -0.1) is 0 Å². The predicted octanol–water partition coefficient (Wildman–Crippen LogP) is 1.65. The molecule has 0 heterocycles. The van der Waals surface area contributed by atoms with Crippen molar-refractivity contribution in [2.45, 2.75) is 71.0 Å². The third kappa shape index (κ3) is 1.74. The van der Waals surface area contributed by atoms with Gasteiger partial charge in [0.1, 0.15) is 0 Å². The molecule has 0 aromatic heterocycles. The second-order valence-corrected chi connectivity index (χ2v) is 9.58. The minimum atomic E-state index is -1.08. The Morgan fingerprint density at radius 1 is 1.25 bits per heavy atom. The van der Waals surface area contributed by atoms with E-state index in [2.05, 4.69) is 13.5 Å². The number of allylic oxidation sites excluding steroid dienone is 1. The van der Waals surface area contributed by atoms with E-state index in [-0.39, 0.29) is 16.7 Å². The van der Waals surface area contributed by atoms with E-state index >= 15 is 0 Å². The maximum absolute atomic E-state index is 12.0. The highest BCUT2D eigenvalue weighted by molar-refractivity contribution is 5.73. The van der Waals surface area contributed by atoms with Gasteiger partial charge in [-0.25, -0.2) is 0 Å². The zero-order valence-corrected chi connectivity index (χ0v) is 14.8. The molecule has 0 aliphatic heterocycles. The molecule has 0 unspecified atom stereocenters. The summed E-state index contributed by atoms with van der Waals surface area (Å²) < 4.78 is 0. The van der Waals surface area contributed by atoms with Crippen LogP contribution < -0.4 is 5.11 Å². The Morgan fingerprint density at radius 3 is 2.62 bits per heavy atom. The summed E-state index contributed by atoms with van der Waals surface area (Å²) in [5.74, 6) is -0.813. The van der Waals surface area contributed by atoms with Gasteiger partial charge in [-0.05, 0) is 55.8 Å². The third-order valence-electron chi connectivity index (χ3n) is 8.58. The first kappa shape index (κ1) is 16.6. The average Bonchev–Trinajstić information content (AvgIpc) is 2.76. The molecular weight excluding hydrogens is 304 g/mol. The first-order chi connectivity index (χ1) is 11.2. The molecule has 4 nitrogen and oxygen atoms in total. The highest BCUT2D eigenvalue weighted by Crippen LogP contribution is 2.72. The van der Waals surface area contributed by atoms with Crippen molar-refractivity contribution in [3.05, 3.63) is 12.2 Å². The van der Waals surface area contributed by atoms with Crippen molar-refractivity contribution in [3.8, 4) is 0 Å². The van der Waals surface area contributed by atoms with Crippen LogP contribution in [0, 0.1) is 34.0 Å². The average molecular weight is 333 g/mol. The fourth-order valence-electron chi connectivity index (χ4n) is 7.67. The zero-order chi connectivity index (χ0) is 17.5. The molecule has 4 aliphatic rings. The SMILES string of the molecule is C=C1C[C@]23C[C@H]1CC[C@H]2[C@]1(C)CCC[C@@](C)(C(=O)[O-])[C@H]1[C@H](O)[C@@H]3O. The Balaban J connectivity index is 1.85. The highest BCUT2D eigenvalue weighted by Gasteiger charge is 2.70. The fourth-order valence-corrected chi connectivity index (χ4v) is 7.67. The standard InChI is InChI=1S/C20H30O4/c1-11-9-20-10-12(11)5-6-13(20)18(2)7-4-8-19(3,17(23)24)15(18)14(21)16(20)22/h12-16,21-22H,1,4-10H2,2-3H3,(H,23,24)/p-1/t12-,13+,14+,15+,16+,18+,19-,20+/m1/s1. The maximum Gasteiger partial charge on any atom is 0.0864 e. The molecule has 4 heteroatoms. The predicted molar refractivity (Wildman–Crippen MR) is 87.6 cm³/mol. The van der Waals surface area contributed by atoms with Crippen LogP contribution in [0.1, 0.15) is 58.8 Å². The number of rotatable bonds is 1. The lowest BCUT2D eigenvalue weighted by molar-refractivity contribution is -0.336. The monoisotopic (exact) mass is 333 g/mol. The van der Waals surface area contributed by atoms with Gasteiger partial charge in [0.25, 0.3) is 0 Å². The van der Waals surface area contributed by atoms with Crippen molar-refractivity contribution in [2.24, 2.45) is 34.0 Å². The van der Waals surface area contributed by atoms with Crippen LogP contribution in [-0.4, -0.2) is 28.4 Å². The molecule has 0 aromatic rings. The Morgan fingerprint density at radius 2 is 1.96 bits per heavy atom. The van der Waals surface area contributed by atoms with E-state index in [0.717, 1.165) is 38.5 Å². The normalized spacial score (nSPS) is 56.5. The fraction of sp³-hybridized carbons (Fsp3) is 0.850. The molecular formula is C20H29O4-. The number of aliphatic hydroxyl groups excluding tert-OH is 2. The van der Waals surface area contributed by atoms with Crippen molar-refractivity contribution in [1.29, 1.82) is 0 Å². The molecule has 134 valence electrons. The Kier molecular flexibility index (Phi) is 3.35. The van der Waals surface area contributed by atoms with Gasteiger partial charge < -0.3 is 20.1 Å². The number of hydrogen-bond donors (Lipinski definition) is 2. The molecule has 4 aliphatic carbocycles. The van der Waals surface area contributed by atoms with Crippen molar-refractivity contribution in [3.63, 3.8) is 0 Å².